The van der Waals surface area contributed by atoms with Gasteiger partial charge in [-0.05, 0) is 24.9 Å². The van der Waals surface area contributed by atoms with Gasteiger partial charge in [-0.1, -0.05) is 30.3 Å². The molecule has 0 spiro atoms. The van der Waals surface area contributed by atoms with Crippen molar-refractivity contribution in [2.75, 3.05) is 45.8 Å². The van der Waals surface area contributed by atoms with Crippen molar-refractivity contribution in [1.82, 2.24) is 20.4 Å². The van der Waals surface area contributed by atoms with Crippen molar-refractivity contribution in [1.29, 1.82) is 0 Å². The number of aliphatic hydroxyl groups is 1. The summed E-state index contributed by atoms with van der Waals surface area (Å²) in [6.07, 6.45) is 1.11. The van der Waals surface area contributed by atoms with E-state index in [4.69, 9.17) is 0 Å². The van der Waals surface area contributed by atoms with Crippen LogP contribution in [0.5, 0.6) is 0 Å². The molecular weight excluding hydrogens is 423 g/mol. The molecule has 1 aromatic rings. The van der Waals surface area contributed by atoms with Crippen LogP contribution >= 0.6 is 37.2 Å². The number of amides is 1. The van der Waals surface area contributed by atoms with Gasteiger partial charge in [0.2, 0.25) is 5.91 Å². The number of β-amino-alcohol motifs (C(OH)–C–C–N with tert-alkyl or cyclic N) is 1. The van der Waals surface area contributed by atoms with Gasteiger partial charge in [0.1, 0.15) is 0 Å². The minimum absolute atomic E-state index is 0. The summed E-state index contributed by atoms with van der Waals surface area (Å²) in [5.41, 5.74) is 1.38. The van der Waals surface area contributed by atoms with Crippen molar-refractivity contribution >= 4 is 43.1 Å². The normalized spacial score (nSPS) is 22.5. The minimum atomic E-state index is -0.386. The van der Waals surface area contributed by atoms with Crippen LogP contribution in [-0.4, -0.2) is 78.8 Å². The van der Waals surface area contributed by atoms with Crippen LogP contribution in [-0.2, 0) is 11.3 Å². The topological polar surface area (TPSA) is 67.8 Å². The number of carbonyl (C=O) groups excluding carboxylic acids is 1. The van der Waals surface area contributed by atoms with Crippen LogP contribution < -0.4 is 10.6 Å². The van der Waals surface area contributed by atoms with E-state index in [-0.39, 0.29) is 55.3 Å². The second-order valence-electron chi connectivity index (χ2n) is 7.10. The van der Waals surface area contributed by atoms with Gasteiger partial charge in [-0.15, -0.1) is 37.2 Å². The molecule has 0 aliphatic carbocycles. The summed E-state index contributed by atoms with van der Waals surface area (Å²) in [7, 11) is 0. The van der Waals surface area contributed by atoms with E-state index in [0.717, 1.165) is 45.7 Å². The third-order valence-electron chi connectivity index (χ3n) is 5.09. The molecule has 2 fully saturated rings. The SMILES string of the molecule is Cl.Cl.Cl.O=C(NCCCN1CCN(Cc2ccccc2)CC1)C1CC(O)CN1. The van der Waals surface area contributed by atoms with Gasteiger partial charge in [-0.25, -0.2) is 0 Å². The number of rotatable bonds is 7. The molecule has 0 radical (unpaired) electrons. The Hall–Kier alpha value is -0.600. The summed E-state index contributed by atoms with van der Waals surface area (Å²) in [5, 5.41) is 15.5. The highest BCUT2D eigenvalue weighted by atomic mass is 35.5. The van der Waals surface area contributed by atoms with Gasteiger partial charge in [-0.3, -0.25) is 9.69 Å². The lowest BCUT2D eigenvalue weighted by Crippen LogP contribution is -2.46. The lowest BCUT2D eigenvalue weighted by Gasteiger charge is -2.34. The molecule has 2 heterocycles. The molecule has 1 amide bonds. The zero-order valence-electron chi connectivity index (χ0n) is 16.1. The summed E-state index contributed by atoms with van der Waals surface area (Å²) in [6, 6.07) is 10.4. The number of hydrogen-bond donors (Lipinski definition) is 3. The molecular formula is C19H33Cl3N4O2. The Morgan fingerprint density at radius 1 is 1.07 bits per heavy atom. The zero-order chi connectivity index (χ0) is 17.5. The molecule has 0 saturated carbocycles. The third kappa shape index (κ3) is 8.82. The molecule has 1 aromatic carbocycles. The van der Waals surface area contributed by atoms with Crippen molar-refractivity contribution < 1.29 is 9.90 Å². The maximum absolute atomic E-state index is 12.0. The van der Waals surface area contributed by atoms with Crippen LogP contribution in [0.25, 0.3) is 0 Å². The molecule has 2 aliphatic rings. The average molecular weight is 456 g/mol. The molecule has 2 atom stereocenters. The Bertz CT molecular complexity index is 545. The number of hydrogen-bond acceptors (Lipinski definition) is 5. The maximum Gasteiger partial charge on any atom is 0.237 e. The fraction of sp³-hybridized carbons (Fsp3) is 0.632. The van der Waals surface area contributed by atoms with Crippen molar-refractivity contribution in [2.24, 2.45) is 0 Å². The summed E-state index contributed by atoms with van der Waals surface area (Å²) in [5.74, 6) is 0.0178. The highest BCUT2D eigenvalue weighted by molar-refractivity contribution is 5.86. The number of halogens is 3. The Balaban J connectivity index is 0.00000243. The Kier molecular flexibility index (Phi) is 14.1. The molecule has 162 valence electrons. The quantitative estimate of drug-likeness (QED) is 0.541. The van der Waals surface area contributed by atoms with Gasteiger partial charge in [0.25, 0.3) is 0 Å². The summed E-state index contributed by atoms with van der Waals surface area (Å²) in [6.45, 7) is 7.68. The molecule has 2 unspecified atom stereocenters. The van der Waals surface area contributed by atoms with Crippen LogP contribution in [0, 0.1) is 0 Å². The minimum Gasteiger partial charge on any atom is -0.392 e. The molecule has 6 nitrogen and oxygen atoms in total. The first kappa shape index (κ1) is 27.4. The van der Waals surface area contributed by atoms with Crippen molar-refractivity contribution in [2.45, 2.75) is 31.5 Å². The number of piperazine rings is 1. The molecule has 2 saturated heterocycles. The monoisotopic (exact) mass is 454 g/mol. The first-order valence-electron chi connectivity index (χ1n) is 9.38. The van der Waals surface area contributed by atoms with Crippen LogP contribution in [0.15, 0.2) is 30.3 Å². The van der Waals surface area contributed by atoms with E-state index >= 15 is 0 Å². The first-order valence-corrected chi connectivity index (χ1v) is 9.38. The third-order valence-corrected chi connectivity index (χ3v) is 5.09. The van der Waals surface area contributed by atoms with Crippen molar-refractivity contribution in [3.8, 4) is 0 Å². The Morgan fingerprint density at radius 3 is 2.32 bits per heavy atom. The predicted molar refractivity (Wildman–Crippen MR) is 120 cm³/mol. The number of nitrogens with zero attached hydrogens (tertiary/aromatic N) is 2. The lowest BCUT2D eigenvalue weighted by atomic mass is 10.2. The van der Waals surface area contributed by atoms with E-state index < -0.39 is 0 Å². The van der Waals surface area contributed by atoms with Gasteiger partial charge in [-0.2, -0.15) is 0 Å². The lowest BCUT2D eigenvalue weighted by molar-refractivity contribution is -0.122. The summed E-state index contributed by atoms with van der Waals surface area (Å²) in [4.78, 5) is 16.9. The van der Waals surface area contributed by atoms with Gasteiger partial charge in [0.15, 0.2) is 0 Å². The average Bonchev–Trinajstić information content (AvgIpc) is 3.07. The van der Waals surface area contributed by atoms with Crippen LogP contribution in [0.3, 0.4) is 0 Å². The molecule has 0 aromatic heterocycles. The number of carbonyl (C=O) groups is 1. The Morgan fingerprint density at radius 2 is 1.71 bits per heavy atom. The van der Waals surface area contributed by atoms with Crippen LogP contribution in [0.2, 0.25) is 0 Å². The molecule has 28 heavy (non-hydrogen) atoms. The smallest absolute Gasteiger partial charge is 0.237 e. The fourth-order valence-corrected chi connectivity index (χ4v) is 3.57. The van der Waals surface area contributed by atoms with E-state index in [2.05, 4.69) is 50.8 Å². The van der Waals surface area contributed by atoms with E-state index in [0.29, 0.717) is 19.5 Å². The summed E-state index contributed by atoms with van der Waals surface area (Å²) < 4.78 is 0. The molecule has 0 bridgehead atoms. The van der Waals surface area contributed by atoms with E-state index in [1.54, 1.807) is 0 Å². The second-order valence-corrected chi connectivity index (χ2v) is 7.10. The maximum atomic E-state index is 12.0. The van der Waals surface area contributed by atoms with E-state index in [1.807, 2.05) is 0 Å². The standard InChI is InChI=1S/C19H30N4O2.3ClH/c24-17-13-18(21-14-17)19(25)20-7-4-8-22-9-11-23(12-10-22)15-16-5-2-1-3-6-16;;;/h1-3,5-6,17-18,21,24H,4,7-15H2,(H,20,25);3*1H. The van der Waals surface area contributed by atoms with Gasteiger partial charge >= 0.3 is 0 Å². The van der Waals surface area contributed by atoms with Gasteiger partial charge < -0.3 is 20.6 Å². The van der Waals surface area contributed by atoms with Crippen molar-refractivity contribution in [3.05, 3.63) is 35.9 Å². The van der Waals surface area contributed by atoms with E-state index in [9.17, 15) is 9.90 Å². The number of nitrogens with one attached hydrogen (secondary N) is 2. The fourth-order valence-electron chi connectivity index (χ4n) is 3.57. The second kappa shape index (κ2) is 14.4. The number of aliphatic hydroxyl groups excluding tert-OH is 1. The highest BCUT2D eigenvalue weighted by Gasteiger charge is 2.27. The highest BCUT2D eigenvalue weighted by Crippen LogP contribution is 2.09. The largest absolute Gasteiger partial charge is 0.392 e. The van der Waals surface area contributed by atoms with Crippen LogP contribution in [0.4, 0.5) is 0 Å². The van der Waals surface area contributed by atoms with Gasteiger partial charge in [0, 0.05) is 45.8 Å². The first-order chi connectivity index (χ1) is 12.2. The summed E-state index contributed by atoms with van der Waals surface area (Å²) >= 11 is 0. The zero-order valence-corrected chi connectivity index (χ0v) is 18.5. The van der Waals surface area contributed by atoms with Crippen LogP contribution in [0.1, 0.15) is 18.4 Å². The molecule has 3 N–H and O–H groups in total. The van der Waals surface area contributed by atoms with Crippen molar-refractivity contribution in [3.63, 3.8) is 0 Å². The number of benzene rings is 1. The predicted octanol–water partition coefficient (Wildman–Crippen LogP) is 1.30. The Labute approximate surface area is 186 Å². The molecule has 3 rings (SSSR count). The molecule has 9 heteroatoms. The molecule has 2 aliphatic heterocycles. The van der Waals surface area contributed by atoms with Gasteiger partial charge in [0.05, 0.1) is 12.1 Å². The van der Waals surface area contributed by atoms with E-state index in [1.165, 1.54) is 5.56 Å².